The molecule has 3 heterocycles. The van der Waals surface area contributed by atoms with Crippen LogP contribution in [0.3, 0.4) is 0 Å². The normalized spacial score (nSPS) is 15.0. The predicted molar refractivity (Wildman–Crippen MR) is 128 cm³/mol. The Bertz CT molecular complexity index is 868. The molecule has 2 aromatic heterocycles. The third kappa shape index (κ3) is 6.25. The van der Waals surface area contributed by atoms with E-state index in [0.717, 1.165) is 40.7 Å². The Balaban J connectivity index is 1.50. The largest absolute Gasteiger partial charge is 0.494 e. The molecule has 0 saturated carbocycles. The summed E-state index contributed by atoms with van der Waals surface area (Å²) >= 11 is 0. The van der Waals surface area contributed by atoms with Gasteiger partial charge in [-0.1, -0.05) is 58.3 Å². The number of hydrogen-bond acceptors (Lipinski definition) is 2. The zero-order chi connectivity index (χ0) is 21.2. The second-order valence-electron chi connectivity index (χ2n) is 8.26. The van der Waals surface area contributed by atoms with Gasteiger partial charge in [-0.2, -0.15) is 0 Å². The topological polar surface area (TPSA) is 53.2 Å². The molecular weight excluding hydrogens is 370 g/mol. The summed E-state index contributed by atoms with van der Waals surface area (Å²) < 4.78 is 5.56. The Labute approximate surface area is 181 Å². The average molecular weight is 408 g/mol. The van der Waals surface area contributed by atoms with E-state index in [9.17, 15) is 0 Å². The maximum atomic E-state index is 5.56. The van der Waals surface area contributed by atoms with Crippen molar-refractivity contribution < 1.29 is 4.74 Å². The van der Waals surface area contributed by atoms with Crippen LogP contribution in [0.2, 0.25) is 0 Å². The van der Waals surface area contributed by atoms with E-state index >= 15 is 0 Å². The van der Waals surface area contributed by atoms with Crippen LogP contribution in [0.4, 0.5) is 0 Å². The van der Waals surface area contributed by atoms with E-state index in [1.54, 1.807) is 7.11 Å². The van der Waals surface area contributed by atoms with E-state index in [1.165, 1.54) is 63.4 Å². The first-order valence-corrected chi connectivity index (χ1v) is 11.6. The van der Waals surface area contributed by atoms with E-state index in [4.69, 9.17) is 9.73 Å². The molecule has 0 fully saturated rings. The quantitative estimate of drug-likeness (QED) is 0.329. The molecule has 1 aliphatic rings. The van der Waals surface area contributed by atoms with Crippen LogP contribution in [-0.2, 0) is 0 Å². The number of nitrogens with one attached hydrogen (secondary N) is 2. The zero-order valence-corrected chi connectivity index (χ0v) is 18.9. The Kier molecular flexibility index (Phi) is 8.61. The van der Waals surface area contributed by atoms with E-state index < -0.39 is 0 Å². The Morgan fingerprint density at radius 3 is 2.40 bits per heavy atom. The molecule has 0 aliphatic carbocycles. The average Bonchev–Trinajstić information content (AvgIpc) is 3.47. The molecule has 4 heteroatoms. The first-order valence-electron chi connectivity index (χ1n) is 11.6. The number of ether oxygens (including phenoxy) is 1. The van der Waals surface area contributed by atoms with Gasteiger partial charge in [0, 0.05) is 18.0 Å². The van der Waals surface area contributed by atoms with Gasteiger partial charge >= 0.3 is 0 Å². The van der Waals surface area contributed by atoms with Crippen molar-refractivity contribution in [1.82, 2.24) is 9.97 Å². The first-order chi connectivity index (χ1) is 14.7. The number of nitrogens with zero attached hydrogens (tertiary/aromatic N) is 1. The molecule has 2 aromatic rings. The highest BCUT2D eigenvalue weighted by Crippen LogP contribution is 2.30. The summed E-state index contributed by atoms with van der Waals surface area (Å²) in [7, 11) is 1.71. The summed E-state index contributed by atoms with van der Waals surface area (Å²) in [5.41, 5.74) is 6.54. The minimum Gasteiger partial charge on any atom is -0.494 e. The smallest absolute Gasteiger partial charge is 0.144 e. The molecule has 30 heavy (non-hydrogen) atoms. The number of hydrogen-bond donors (Lipinski definition) is 2. The minimum absolute atomic E-state index is 0.834. The lowest BCUT2D eigenvalue weighted by Gasteiger charge is -2.03. The molecule has 162 valence electrons. The minimum atomic E-state index is 0.834. The summed E-state index contributed by atoms with van der Waals surface area (Å²) in [5, 5.41) is 0. The van der Waals surface area contributed by atoms with Crippen LogP contribution in [-0.4, -0.2) is 22.8 Å². The second kappa shape index (κ2) is 11.6. The van der Waals surface area contributed by atoms with Crippen LogP contribution in [0.25, 0.3) is 17.5 Å². The van der Waals surface area contributed by atoms with Gasteiger partial charge in [0.2, 0.25) is 0 Å². The number of aromatic amines is 2. The lowest BCUT2D eigenvalue weighted by molar-refractivity contribution is 0.414. The molecule has 0 atom stereocenters. The molecule has 0 unspecified atom stereocenters. The van der Waals surface area contributed by atoms with Crippen LogP contribution in [0.15, 0.2) is 46.7 Å². The molecule has 3 rings (SSSR count). The van der Waals surface area contributed by atoms with Crippen molar-refractivity contribution in [1.29, 1.82) is 0 Å². The first kappa shape index (κ1) is 22.2. The molecule has 1 aliphatic heterocycles. The molecular formula is C26H37N3O. The van der Waals surface area contributed by atoms with Crippen molar-refractivity contribution in [2.45, 2.75) is 78.1 Å². The summed E-state index contributed by atoms with van der Waals surface area (Å²) in [6.45, 7) is 4.40. The van der Waals surface area contributed by atoms with Crippen molar-refractivity contribution in [3.8, 4) is 17.1 Å². The predicted octanol–water partition coefficient (Wildman–Crippen LogP) is 7.68. The van der Waals surface area contributed by atoms with Crippen LogP contribution < -0.4 is 4.74 Å². The van der Waals surface area contributed by atoms with Gasteiger partial charge in [0.1, 0.15) is 5.75 Å². The van der Waals surface area contributed by atoms with Gasteiger partial charge in [-0.05, 0) is 49.6 Å². The maximum Gasteiger partial charge on any atom is 0.144 e. The van der Waals surface area contributed by atoms with E-state index in [-0.39, 0.29) is 0 Å². The van der Waals surface area contributed by atoms with Crippen molar-refractivity contribution in [3.05, 3.63) is 47.4 Å². The SMILES string of the molecule is CCCCCCCCCCCC1=CC(=Cc2[nH]c(-c3ccc[nH]3)cc2OC)N=C1C. The highest BCUT2D eigenvalue weighted by atomic mass is 16.5. The van der Waals surface area contributed by atoms with Gasteiger partial charge < -0.3 is 14.7 Å². The van der Waals surface area contributed by atoms with Crippen molar-refractivity contribution in [2.75, 3.05) is 7.11 Å². The van der Waals surface area contributed by atoms with Gasteiger partial charge in [0.25, 0.3) is 0 Å². The molecule has 0 amide bonds. The summed E-state index contributed by atoms with van der Waals surface area (Å²) in [6.07, 6.45) is 19.6. The standard InChI is InChI=1S/C26H37N3O/c1-4-5-6-7-8-9-10-11-12-14-21-17-22(28-20(21)2)18-25-26(30-3)19-24(29-25)23-15-13-16-27-23/h13,15-19,27,29H,4-12,14H2,1-3H3. The van der Waals surface area contributed by atoms with Crippen molar-refractivity contribution in [3.63, 3.8) is 0 Å². The van der Waals surface area contributed by atoms with Gasteiger partial charge in [0.15, 0.2) is 0 Å². The van der Waals surface area contributed by atoms with Crippen LogP contribution >= 0.6 is 0 Å². The fraction of sp³-hybridized carbons (Fsp3) is 0.500. The van der Waals surface area contributed by atoms with Gasteiger partial charge in [0.05, 0.1) is 29.9 Å². The fourth-order valence-electron chi connectivity index (χ4n) is 4.05. The highest BCUT2D eigenvalue weighted by Gasteiger charge is 2.14. The lowest BCUT2D eigenvalue weighted by Crippen LogP contribution is -1.93. The van der Waals surface area contributed by atoms with Gasteiger partial charge in [-0.25, -0.2) is 0 Å². The zero-order valence-electron chi connectivity index (χ0n) is 18.9. The van der Waals surface area contributed by atoms with Gasteiger partial charge in [-0.15, -0.1) is 0 Å². The molecule has 0 radical (unpaired) electrons. The van der Waals surface area contributed by atoms with E-state index in [2.05, 4.69) is 36.0 Å². The number of aromatic nitrogens is 2. The second-order valence-corrected chi connectivity index (χ2v) is 8.26. The number of methoxy groups -OCH3 is 1. The Hall–Kier alpha value is -2.49. The lowest BCUT2D eigenvalue weighted by atomic mass is 10.0. The highest BCUT2D eigenvalue weighted by molar-refractivity contribution is 6.02. The maximum absolute atomic E-state index is 5.56. The molecule has 0 spiro atoms. The van der Waals surface area contributed by atoms with Crippen LogP contribution in [0.5, 0.6) is 5.75 Å². The number of rotatable bonds is 13. The van der Waals surface area contributed by atoms with Crippen LogP contribution in [0.1, 0.15) is 83.7 Å². The molecule has 4 nitrogen and oxygen atoms in total. The van der Waals surface area contributed by atoms with Crippen LogP contribution in [0, 0.1) is 0 Å². The summed E-state index contributed by atoms with van der Waals surface area (Å²) in [6, 6.07) is 6.06. The Morgan fingerprint density at radius 1 is 1.00 bits per heavy atom. The van der Waals surface area contributed by atoms with Crippen molar-refractivity contribution >= 4 is 11.8 Å². The summed E-state index contributed by atoms with van der Waals surface area (Å²) in [4.78, 5) is 11.4. The number of aliphatic imine (C=N–C) groups is 1. The van der Waals surface area contributed by atoms with E-state index in [0.29, 0.717) is 0 Å². The van der Waals surface area contributed by atoms with Crippen molar-refractivity contribution in [2.24, 2.45) is 4.99 Å². The fourth-order valence-corrected chi connectivity index (χ4v) is 4.05. The van der Waals surface area contributed by atoms with E-state index in [1.807, 2.05) is 24.4 Å². The summed E-state index contributed by atoms with van der Waals surface area (Å²) in [5.74, 6) is 0.834. The Morgan fingerprint density at radius 2 is 1.73 bits per heavy atom. The third-order valence-electron chi connectivity index (χ3n) is 5.84. The monoisotopic (exact) mass is 407 g/mol. The molecule has 0 aromatic carbocycles. The molecule has 0 saturated heterocycles. The third-order valence-corrected chi connectivity index (χ3v) is 5.84. The molecule has 0 bridgehead atoms. The number of H-pyrrole nitrogens is 2. The number of unbranched alkanes of at least 4 members (excludes halogenated alkanes) is 8. The molecule has 2 N–H and O–H groups in total. The van der Waals surface area contributed by atoms with Gasteiger partial charge in [-0.3, -0.25) is 4.99 Å². The number of allylic oxidation sites excluding steroid dienone is 2.